The van der Waals surface area contributed by atoms with Gasteiger partial charge in [0.05, 0.1) is 26.7 Å². The number of nitrogens with zero attached hydrogens (tertiary/aromatic N) is 2. The summed E-state index contributed by atoms with van der Waals surface area (Å²) in [6.45, 7) is 11.0. The van der Waals surface area contributed by atoms with E-state index in [1.807, 2.05) is 0 Å². The van der Waals surface area contributed by atoms with E-state index in [0.717, 1.165) is 0 Å². The molecular weight excluding hydrogens is 260 g/mol. The van der Waals surface area contributed by atoms with Gasteiger partial charge in [-0.2, -0.15) is 0 Å². The van der Waals surface area contributed by atoms with Crippen molar-refractivity contribution < 1.29 is 9.59 Å². The number of hydrogen-bond acceptors (Lipinski definition) is 2. The smallest absolute Gasteiger partial charge is 0.0784 e. The van der Waals surface area contributed by atoms with E-state index in [1.54, 1.807) is 12.1 Å². The average molecular weight is 294 g/mol. The number of unbranched alkanes of at least 4 members (excludes halogenated alkanes) is 3. The van der Waals surface area contributed by atoms with Crippen LogP contribution in [0.3, 0.4) is 0 Å². The molecule has 0 amide bonds. The number of rotatable bonds is 9. The van der Waals surface area contributed by atoms with Crippen LogP contribution in [0.5, 0.6) is 5.88 Å². The van der Waals surface area contributed by atoms with Crippen molar-refractivity contribution in [2.75, 3.05) is 26.7 Å². The second-order valence-electron chi connectivity index (χ2n) is 6.02. The SMILES string of the molecule is CCCC[N+](C)(CCCC)CCCC.[O-]c1ccccn1. The minimum absolute atomic E-state index is 0.178. The van der Waals surface area contributed by atoms with E-state index in [2.05, 4.69) is 32.8 Å². The Hall–Kier alpha value is -1.09. The summed E-state index contributed by atoms with van der Waals surface area (Å²) in [4.78, 5) is 3.42. The number of hydrogen-bond donors (Lipinski definition) is 0. The third kappa shape index (κ3) is 11.3. The normalized spacial score (nSPS) is 10.9. The molecule has 0 spiro atoms. The van der Waals surface area contributed by atoms with E-state index < -0.39 is 0 Å². The Morgan fingerprint density at radius 3 is 1.62 bits per heavy atom. The lowest BCUT2D eigenvalue weighted by atomic mass is 10.2. The fourth-order valence-corrected chi connectivity index (χ4v) is 2.30. The third-order valence-electron chi connectivity index (χ3n) is 3.79. The van der Waals surface area contributed by atoms with Gasteiger partial charge in [0.2, 0.25) is 0 Å². The predicted octanol–water partition coefficient (Wildman–Crippen LogP) is 3.99. The van der Waals surface area contributed by atoms with Crippen LogP contribution in [-0.2, 0) is 0 Å². The maximum Gasteiger partial charge on any atom is 0.0784 e. The molecule has 0 bridgehead atoms. The average Bonchev–Trinajstić information content (AvgIpc) is 2.51. The van der Waals surface area contributed by atoms with Gasteiger partial charge in [-0.3, -0.25) is 4.98 Å². The second-order valence-corrected chi connectivity index (χ2v) is 6.02. The lowest BCUT2D eigenvalue weighted by Gasteiger charge is -2.34. The van der Waals surface area contributed by atoms with Crippen LogP contribution in [0.15, 0.2) is 24.4 Å². The fraction of sp³-hybridized carbons (Fsp3) is 0.722. The van der Waals surface area contributed by atoms with E-state index in [1.165, 1.54) is 74.9 Å². The van der Waals surface area contributed by atoms with Crippen molar-refractivity contribution in [1.82, 2.24) is 4.98 Å². The largest absolute Gasteiger partial charge is 0.859 e. The Balaban J connectivity index is 0.000000471. The number of quaternary nitrogens is 1. The molecule has 1 rings (SSSR count). The molecule has 0 radical (unpaired) electrons. The van der Waals surface area contributed by atoms with Crippen LogP contribution in [0.25, 0.3) is 0 Å². The molecule has 0 atom stereocenters. The van der Waals surface area contributed by atoms with Crippen molar-refractivity contribution in [3.63, 3.8) is 0 Å². The highest BCUT2D eigenvalue weighted by Gasteiger charge is 2.18. The van der Waals surface area contributed by atoms with Crippen molar-refractivity contribution >= 4 is 0 Å². The van der Waals surface area contributed by atoms with Gasteiger partial charge in [-0.25, -0.2) is 0 Å². The third-order valence-corrected chi connectivity index (χ3v) is 3.79. The van der Waals surface area contributed by atoms with Crippen LogP contribution < -0.4 is 5.11 Å². The standard InChI is InChI=1S/C13H30N.C5H5NO/c1-5-8-11-14(4,12-9-6-2)13-10-7-3;7-5-3-1-2-4-6-5/h5-13H2,1-4H3;1-4H,(H,6,7)/q+1;/p-1. The molecule has 0 fully saturated rings. The van der Waals surface area contributed by atoms with Crippen molar-refractivity contribution in [2.24, 2.45) is 0 Å². The first kappa shape index (κ1) is 19.9. The molecular formula is C18H34N2O. The van der Waals surface area contributed by atoms with Gasteiger partial charge in [0.15, 0.2) is 0 Å². The Labute approximate surface area is 131 Å². The van der Waals surface area contributed by atoms with Crippen LogP contribution in [-0.4, -0.2) is 36.1 Å². The highest BCUT2D eigenvalue weighted by atomic mass is 16.3. The molecule has 0 unspecified atom stereocenters. The van der Waals surface area contributed by atoms with Gasteiger partial charge in [0.1, 0.15) is 0 Å². The minimum Gasteiger partial charge on any atom is -0.859 e. The van der Waals surface area contributed by atoms with Gasteiger partial charge >= 0.3 is 0 Å². The van der Waals surface area contributed by atoms with Crippen LogP contribution in [0.1, 0.15) is 59.3 Å². The molecule has 1 aromatic rings. The van der Waals surface area contributed by atoms with Crippen LogP contribution in [0.4, 0.5) is 0 Å². The summed E-state index contributed by atoms with van der Waals surface area (Å²) >= 11 is 0. The molecule has 3 nitrogen and oxygen atoms in total. The topological polar surface area (TPSA) is 36.0 Å². The molecule has 0 aliphatic heterocycles. The molecule has 1 aromatic heterocycles. The first-order chi connectivity index (χ1) is 10.1. The second kappa shape index (κ2) is 12.6. The lowest BCUT2D eigenvalue weighted by molar-refractivity contribution is -0.910. The molecule has 0 saturated carbocycles. The highest BCUT2D eigenvalue weighted by molar-refractivity contribution is 5.04. The van der Waals surface area contributed by atoms with Gasteiger partial charge in [0.25, 0.3) is 0 Å². The molecule has 122 valence electrons. The summed E-state index contributed by atoms with van der Waals surface area (Å²) in [5.74, 6) is -0.178. The van der Waals surface area contributed by atoms with E-state index in [0.29, 0.717) is 0 Å². The van der Waals surface area contributed by atoms with Gasteiger partial charge in [-0.1, -0.05) is 52.2 Å². The van der Waals surface area contributed by atoms with Crippen molar-refractivity contribution in [3.8, 4) is 5.88 Å². The van der Waals surface area contributed by atoms with Gasteiger partial charge in [-0.05, 0) is 31.2 Å². The zero-order chi connectivity index (χ0) is 16.0. The lowest BCUT2D eigenvalue weighted by Crippen LogP contribution is -2.46. The first-order valence-corrected chi connectivity index (χ1v) is 8.49. The van der Waals surface area contributed by atoms with E-state index in [-0.39, 0.29) is 5.88 Å². The van der Waals surface area contributed by atoms with E-state index in [4.69, 9.17) is 0 Å². The Morgan fingerprint density at radius 2 is 1.38 bits per heavy atom. The Kier molecular flexibility index (Phi) is 12.0. The van der Waals surface area contributed by atoms with Gasteiger partial charge in [0, 0.05) is 6.20 Å². The van der Waals surface area contributed by atoms with E-state index >= 15 is 0 Å². The predicted molar refractivity (Wildman–Crippen MR) is 89.2 cm³/mol. The number of pyridine rings is 1. The summed E-state index contributed by atoms with van der Waals surface area (Å²) in [6.07, 6.45) is 9.67. The van der Waals surface area contributed by atoms with Crippen LogP contribution in [0, 0.1) is 0 Å². The zero-order valence-corrected chi connectivity index (χ0v) is 14.5. The quantitative estimate of drug-likeness (QED) is 0.646. The molecule has 0 aliphatic carbocycles. The zero-order valence-electron chi connectivity index (χ0n) is 14.5. The van der Waals surface area contributed by atoms with Crippen LogP contribution in [0.2, 0.25) is 0 Å². The maximum absolute atomic E-state index is 10.2. The summed E-state index contributed by atoms with van der Waals surface area (Å²) in [7, 11) is 2.45. The monoisotopic (exact) mass is 294 g/mol. The molecule has 3 heteroatoms. The molecule has 1 heterocycles. The van der Waals surface area contributed by atoms with Crippen molar-refractivity contribution in [1.29, 1.82) is 0 Å². The van der Waals surface area contributed by atoms with Gasteiger partial charge < -0.3 is 9.59 Å². The fourth-order valence-electron chi connectivity index (χ4n) is 2.30. The maximum atomic E-state index is 10.2. The van der Waals surface area contributed by atoms with Crippen LogP contribution >= 0.6 is 0 Å². The summed E-state index contributed by atoms with van der Waals surface area (Å²) in [5.41, 5.74) is 0. The van der Waals surface area contributed by atoms with Crippen molar-refractivity contribution in [2.45, 2.75) is 59.3 Å². The molecule has 0 saturated heterocycles. The van der Waals surface area contributed by atoms with E-state index in [9.17, 15) is 5.11 Å². The van der Waals surface area contributed by atoms with Crippen molar-refractivity contribution in [3.05, 3.63) is 24.4 Å². The van der Waals surface area contributed by atoms with Gasteiger partial charge in [-0.15, -0.1) is 0 Å². The number of aromatic nitrogens is 1. The minimum atomic E-state index is -0.178. The highest BCUT2D eigenvalue weighted by Crippen LogP contribution is 2.10. The summed E-state index contributed by atoms with van der Waals surface area (Å²) in [6, 6.07) is 4.79. The molecule has 0 aliphatic rings. The molecule has 0 N–H and O–H groups in total. The Morgan fingerprint density at radius 1 is 0.905 bits per heavy atom. The summed E-state index contributed by atoms with van der Waals surface area (Å²) in [5, 5.41) is 10.2. The first-order valence-electron chi connectivity index (χ1n) is 8.49. The Bertz CT molecular complexity index is 305. The molecule has 0 aromatic carbocycles. The summed E-state index contributed by atoms with van der Waals surface area (Å²) < 4.78 is 1.32. The molecule has 21 heavy (non-hydrogen) atoms.